The number of rotatable bonds is 2. The highest BCUT2D eigenvalue weighted by Crippen LogP contribution is 2.35. The Bertz CT molecular complexity index is 735. The molecule has 0 bridgehead atoms. The van der Waals surface area contributed by atoms with E-state index in [1.54, 1.807) is 0 Å². The Labute approximate surface area is 131 Å². The average Bonchev–Trinajstić information content (AvgIpc) is 3.12. The molecule has 0 saturated carbocycles. The van der Waals surface area contributed by atoms with Crippen LogP contribution in [-0.4, -0.2) is 28.0 Å². The van der Waals surface area contributed by atoms with Gasteiger partial charge in [-0.15, -0.1) is 0 Å². The van der Waals surface area contributed by atoms with Crippen LogP contribution in [0.3, 0.4) is 0 Å². The summed E-state index contributed by atoms with van der Waals surface area (Å²) in [5.74, 6) is 1.97. The van der Waals surface area contributed by atoms with E-state index in [4.69, 9.17) is 4.98 Å². The van der Waals surface area contributed by atoms with Gasteiger partial charge < -0.3 is 9.88 Å². The van der Waals surface area contributed by atoms with Gasteiger partial charge in [0.2, 0.25) is 0 Å². The fraction of sp³-hybridized carbons (Fsp3) is 0.556. The number of hydrogen-bond acceptors (Lipinski definition) is 3. The highest BCUT2D eigenvalue weighted by Gasteiger charge is 2.20. The second-order valence-electron chi connectivity index (χ2n) is 6.70. The van der Waals surface area contributed by atoms with Gasteiger partial charge in [-0.3, -0.25) is 0 Å². The van der Waals surface area contributed by atoms with Crippen molar-refractivity contribution >= 4 is 22.4 Å². The van der Waals surface area contributed by atoms with Gasteiger partial charge in [-0.25, -0.2) is 9.97 Å². The molecule has 4 rings (SSSR count). The Hall–Kier alpha value is -1.84. The van der Waals surface area contributed by atoms with E-state index in [1.807, 2.05) is 6.92 Å². The molecule has 1 aliphatic carbocycles. The van der Waals surface area contributed by atoms with Crippen LogP contribution in [0, 0.1) is 6.92 Å². The number of aromatic amines is 1. The number of nitrogens with zero attached hydrogens (tertiary/aromatic N) is 3. The Kier molecular flexibility index (Phi) is 3.40. The van der Waals surface area contributed by atoms with Crippen molar-refractivity contribution in [3.63, 3.8) is 0 Å². The molecule has 4 nitrogen and oxygen atoms in total. The van der Waals surface area contributed by atoms with Crippen LogP contribution in [0.5, 0.6) is 0 Å². The Morgan fingerprint density at radius 3 is 2.55 bits per heavy atom. The molecule has 1 aliphatic heterocycles. The second-order valence-corrected chi connectivity index (χ2v) is 6.70. The zero-order chi connectivity index (χ0) is 15.1. The molecular formula is C18H24N4. The van der Waals surface area contributed by atoms with Gasteiger partial charge >= 0.3 is 0 Å². The maximum atomic E-state index is 4.75. The molecule has 2 aliphatic rings. The van der Waals surface area contributed by atoms with Crippen molar-refractivity contribution in [2.45, 2.75) is 52.4 Å². The number of H-pyrrole nitrogens is 1. The maximum absolute atomic E-state index is 4.75. The number of hydrogen-bond donors (Lipinski definition) is 1. The average molecular weight is 296 g/mol. The summed E-state index contributed by atoms with van der Waals surface area (Å²) < 4.78 is 0. The minimum absolute atomic E-state index is 0.871. The maximum Gasteiger partial charge on any atom is 0.156 e. The fourth-order valence-corrected chi connectivity index (χ4v) is 3.87. The molecule has 116 valence electrons. The van der Waals surface area contributed by atoms with Crippen molar-refractivity contribution in [3.05, 3.63) is 23.2 Å². The molecule has 0 atom stereocenters. The van der Waals surface area contributed by atoms with Crippen LogP contribution in [0.25, 0.3) is 16.6 Å². The van der Waals surface area contributed by atoms with Crippen LogP contribution in [-0.2, 0) is 0 Å². The minimum Gasteiger partial charge on any atom is -0.355 e. The molecule has 22 heavy (non-hydrogen) atoms. The van der Waals surface area contributed by atoms with Crippen molar-refractivity contribution in [3.8, 4) is 0 Å². The number of nitrogens with one attached hydrogen (secondary N) is 1. The predicted octanol–water partition coefficient (Wildman–Crippen LogP) is 4.21. The molecule has 4 heteroatoms. The molecule has 0 spiro atoms. The molecule has 0 aromatic carbocycles. The Morgan fingerprint density at radius 1 is 1.00 bits per heavy atom. The first-order valence-electron chi connectivity index (χ1n) is 8.53. The molecular weight excluding hydrogens is 272 g/mol. The Balaban J connectivity index is 1.83. The first-order chi connectivity index (χ1) is 10.7. The number of fused-ring (bicyclic) bond motifs is 1. The molecule has 1 saturated heterocycles. The summed E-state index contributed by atoms with van der Waals surface area (Å²) in [5, 5.41) is 0. The van der Waals surface area contributed by atoms with E-state index < -0.39 is 0 Å². The number of anilines is 1. The van der Waals surface area contributed by atoms with E-state index in [2.05, 4.69) is 27.9 Å². The third kappa shape index (κ3) is 2.31. The predicted molar refractivity (Wildman–Crippen MR) is 91.1 cm³/mol. The number of aromatic nitrogens is 3. The lowest BCUT2D eigenvalue weighted by Gasteiger charge is -2.28. The van der Waals surface area contributed by atoms with Crippen LogP contribution >= 0.6 is 0 Å². The van der Waals surface area contributed by atoms with Gasteiger partial charge in [0.05, 0.1) is 5.52 Å². The first kappa shape index (κ1) is 13.8. The number of aryl methyl sites for hydroxylation is 1. The van der Waals surface area contributed by atoms with Gasteiger partial charge in [-0.1, -0.05) is 5.57 Å². The van der Waals surface area contributed by atoms with Crippen LogP contribution in [0.15, 0.2) is 11.6 Å². The van der Waals surface area contributed by atoms with E-state index in [-0.39, 0.29) is 0 Å². The molecule has 2 aromatic heterocycles. The quantitative estimate of drug-likeness (QED) is 0.902. The summed E-state index contributed by atoms with van der Waals surface area (Å²) in [6.45, 7) is 6.49. The lowest BCUT2D eigenvalue weighted by atomic mass is 10.1. The lowest BCUT2D eigenvalue weighted by Crippen LogP contribution is -2.30. The van der Waals surface area contributed by atoms with Crippen LogP contribution in [0.2, 0.25) is 0 Å². The smallest absolute Gasteiger partial charge is 0.156 e. The SMILES string of the molecule is CC1=C(c2cc3nc(C)nc(N4CCCCC4)c3[nH]2)CCC1. The molecule has 2 aromatic rings. The lowest BCUT2D eigenvalue weighted by molar-refractivity contribution is 0.574. The number of allylic oxidation sites excluding steroid dienone is 2. The van der Waals surface area contributed by atoms with Gasteiger partial charge in [0.25, 0.3) is 0 Å². The van der Waals surface area contributed by atoms with Crippen LogP contribution in [0.1, 0.15) is 57.0 Å². The van der Waals surface area contributed by atoms with Gasteiger partial charge in [0, 0.05) is 18.8 Å². The first-order valence-corrected chi connectivity index (χ1v) is 8.53. The normalized spacial score (nSPS) is 19.5. The van der Waals surface area contributed by atoms with Gasteiger partial charge in [-0.2, -0.15) is 0 Å². The molecule has 0 amide bonds. The molecule has 0 unspecified atom stereocenters. The largest absolute Gasteiger partial charge is 0.355 e. The highest BCUT2D eigenvalue weighted by atomic mass is 15.2. The van der Waals surface area contributed by atoms with E-state index in [9.17, 15) is 0 Å². The zero-order valence-electron chi connectivity index (χ0n) is 13.6. The summed E-state index contributed by atoms with van der Waals surface area (Å²) in [6, 6.07) is 2.22. The van der Waals surface area contributed by atoms with Gasteiger partial charge in [0.1, 0.15) is 11.3 Å². The Morgan fingerprint density at radius 2 is 1.82 bits per heavy atom. The van der Waals surface area contributed by atoms with Crippen molar-refractivity contribution in [1.82, 2.24) is 15.0 Å². The summed E-state index contributed by atoms with van der Waals surface area (Å²) in [6.07, 6.45) is 7.56. The number of piperidine rings is 1. The molecule has 1 N–H and O–H groups in total. The van der Waals surface area contributed by atoms with E-state index in [0.29, 0.717) is 0 Å². The second kappa shape index (κ2) is 5.41. The van der Waals surface area contributed by atoms with Crippen LogP contribution < -0.4 is 4.90 Å². The summed E-state index contributed by atoms with van der Waals surface area (Å²) >= 11 is 0. The topological polar surface area (TPSA) is 44.8 Å². The third-order valence-corrected chi connectivity index (χ3v) is 5.04. The van der Waals surface area contributed by atoms with E-state index >= 15 is 0 Å². The summed E-state index contributed by atoms with van der Waals surface area (Å²) in [4.78, 5) is 15.5. The standard InChI is InChI=1S/C18H24N4/c1-12-7-6-8-14(12)15-11-16-17(21-15)18(20-13(2)19-16)22-9-4-3-5-10-22/h11,21H,3-10H2,1-2H3. The third-order valence-electron chi connectivity index (χ3n) is 5.04. The van der Waals surface area contributed by atoms with Gasteiger partial charge in [-0.05, 0) is 64.0 Å². The zero-order valence-corrected chi connectivity index (χ0v) is 13.6. The van der Waals surface area contributed by atoms with E-state index in [1.165, 1.54) is 55.4 Å². The molecule has 1 fully saturated rings. The highest BCUT2D eigenvalue weighted by molar-refractivity contribution is 5.90. The summed E-state index contributed by atoms with van der Waals surface area (Å²) in [5.41, 5.74) is 6.45. The molecule has 0 radical (unpaired) electrons. The van der Waals surface area contributed by atoms with Crippen molar-refractivity contribution in [1.29, 1.82) is 0 Å². The minimum atomic E-state index is 0.871. The van der Waals surface area contributed by atoms with E-state index in [0.717, 1.165) is 35.8 Å². The summed E-state index contributed by atoms with van der Waals surface area (Å²) in [7, 11) is 0. The van der Waals surface area contributed by atoms with Crippen molar-refractivity contribution in [2.75, 3.05) is 18.0 Å². The molecule has 3 heterocycles. The van der Waals surface area contributed by atoms with Gasteiger partial charge in [0.15, 0.2) is 5.82 Å². The van der Waals surface area contributed by atoms with Crippen molar-refractivity contribution in [2.24, 2.45) is 0 Å². The fourth-order valence-electron chi connectivity index (χ4n) is 3.87. The van der Waals surface area contributed by atoms with Crippen molar-refractivity contribution < 1.29 is 0 Å². The van der Waals surface area contributed by atoms with Crippen LogP contribution in [0.4, 0.5) is 5.82 Å². The monoisotopic (exact) mass is 296 g/mol.